The zero-order valence-electron chi connectivity index (χ0n) is 7.68. The van der Waals surface area contributed by atoms with Crippen LogP contribution in [0.1, 0.15) is 25.7 Å². The molecular weight excluding hydrogens is 180 g/mol. The second-order valence-electron chi connectivity index (χ2n) is 3.46. The topological polar surface area (TPSA) is 71.6 Å². The Balaban J connectivity index is 2.27. The largest absolute Gasteiger partial charge is 0.296 e. The van der Waals surface area contributed by atoms with Gasteiger partial charge in [0.25, 0.3) is 0 Å². The van der Waals surface area contributed by atoms with Crippen molar-refractivity contribution < 1.29 is 4.79 Å². The van der Waals surface area contributed by atoms with Crippen LogP contribution in [0.25, 0.3) is 0 Å². The van der Waals surface area contributed by atoms with Gasteiger partial charge in [-0.2, -0.15) is 20.3 Å². The number of carbonyl (C=O) groups is 1. The fourth-order valence-corrected chi connectivity index (χ4v) is 1.78. The van der Waals surface area contributed by atoms with E-state index in [2.05, 4.69) is 10.2 Å². The van der Waals surface area contributed by atoms with Gasteiger partial charge in [-0.3, -0.25) is 4.79 Å². The third-order valence-corrected chi connectivity index (χ3v) is 2.74. The van der Waals surface area contributed by atoms with E-state index in [1.807, 2.05) is 6.07 Å². The van der Waals surface area contributed by atoms with Gasteiger partial charge in [-0.1, -0.05) is 0 Å². The van der Waals surface area contributed by atoms with Crippen molar-refractivity contribution in [2.24, 2.45) is 0 Å². The molecule has 0 aliphatic heterocycles. The van der Waals surface area contributed by atoms with Gasteiger partial charge in [-0.25, -0.2) is 0 Å². The van der Waals surface area contributed by atoms with E-state index in [1.54, 1.807) is 12.4 Å². The first kappa shape index (κ1) is 8.88. The quantitative estimate of drug-likeness (QED) is 0.701. The van der Waals surface area contributed by atoms with Crippen LogP contribution in [0.4, 0.5) is 0 Å². The van der Waals surface area contributed by atoms with E-state index in [0.29, 0.717) is 0 Å². The van der Waals surface area contributed by atoms with Crippen LogP contribution in [0.5, 0.6) is 0 Å². The number of Topliss-reactive ketones (excluding diaryl/α,β-unsaturated/α-hetero) is 1. The molecule has 5 nitrogen and oxygen atoms in total. The first-order chi connectivity index (χ1) is 6.79. The number of aromatic nitrogens is 3. The Morgan fingerprint density at radius 3 is 2.57 bits per heavy atom. The Kier molecular flexibility index (Phi) is 2.04. The number of ketones is 1. The highest BCUT2D eigenvalue weighted by Gasteiger charge is 2.46. The molecular formula is C9H10N4O. The van der Waals surface area contributed by atoms with E-state index in [-0.39, 0.29) is 12.2 Å². The van der Waals surface area contributed by atoms with Crippen molar-refractivity contribution in [1.29, 1.82) is 5.26 Å². The zero-order chi connectivity index (χ0) is 10.0. The number of rotatable bonds is 3. The van der Waals surface area contributed by atoms with E-state index >= 15 is 0 Å². The molecule has 0 unspecified atom stereocenters. The monoisotopic (exact) mass is 190 g/mol. The third kappa shape index (κ3) is 1.11. The highest BCUT2D eigenvalue weighted by Crippen LogP contribution is 2.39. The van der Waals surface area contributed by atoms with E-state index < -0.39 is 5.54 Å². The minimum Gasteiger partial charge on any atom is -0.296 e. The van der Waals surface area contributed by atoms with Crippen molar-refractivity contribution in [2.75, 3.05) is 0 Å². The van der Waals surface area contributed by atoms with Crippen molar-refractivity contribution in [3.8, 4) is 6.07 Å². The molecule has 0 spiro atoms. The third-order valence-electron chi connectivity index (χ3n) is 2.74. The van der Waals surface area contributed by atoms with Crippen LogP contribution in [-0.4, -0.2) is 20.8 Å². The predicted molar refractivity (Wildman–Crippen MR) is 47.1 cm³/mol. The van der Waals surface area contributed by atoms with Crippen molar-refractivity contribution in [1.82, 2.24) is 15.0 Å². The molecule has 1 aliphatic rings. The van der Waals surface area contributed by atoms with Gasteiger partial charge in [0.15, 0.2) is 5.78 Å². The average Bonchev–Trinajstić information content (AvgIpc) is 2.56. The summed E-state index contributed by atoms with van der Waals surface area (Å²) in [5.41, 5.74) is -0.612. The average molecular weight is 190 g/mol. The minimum absolute atomic E-state index is 0.0540. The highest BCUT2D eigenvalue weighted by molar-refractivity contribution is 5.88. The van der Waals surface area contributed by atoms with Gasteiger partial charge in [-0.15, -0.1) is 0 Å². The Bertz CT molecular complexity index is 372. The maximum Gasteiger partial charge on any atom is 0.176 e. The molecule has 1 aromatic heterocycles. The van der Waals surface area contributed by atoms with Gasteiger partial charge in [0.05, 0.1) is 24.9 Å². The van der Waals surface area contributed by atoms with Crippen LogP contribution in [0.3, 0.4) is 0 Å². The van der Waals surface area contributed by atoms with Gasteiger partial charge in [0, 0.05) is 0 Å². The van der Waals surface area contributed by atoms with E-state index in [4.69, 9.17) is 5.26 Å². The Labute approximate surface area is 81.3 Å². The molecule has 1 saturated carbocycles. The summed E-state index contributed by atoms with van der Waals surface area (Å²) in [7, 11) is 0. The minimum atomic E-state index is -0.612. The highest BCUT2D eigenvalue weighted by atomic mass is 16.1. The molecule has 0 aromatic carbocycles. The van der Waals surface area contributed by atoms with Crippen LogP contribution in [0, 0.1) is 11.3 Å². The van der Waals surface area contributed by atoms with Gasteiger partial charge in [-0.05, 0) is 19.3 Å². The van der Waals surface area contributed by atoms with Crippen molar-refractivity contribution >= 4 is 5.78 Å². The molecule has 1 aliphatic carbocycles. The number of nitrogens with zero attached hydrogens (tertiary/aromatic N) is 4. The van der Waals surface area contributed by atoms with Crippen LogP contribution < -0.4 is 0 Å². The molecule has 72 valence electrons. The lowest BCUT2D eigenvalue weighted by atomic mass is 9.73. The SMILES string of the molecule is N#CCC(=O)C1(n2nccn2)CCC1. The van der Waals surface area contributed by atoms with Crippen LogP contribution in [-0.2, 0) is 10.3 Å². The maximum atomic E-state index is 11.7. The molecule has 1 heterocycles. The molecule has 0 radical (unpaired) electrons. The van der Waals surface area contributed by atoms with Gasteiger partial charge in [0.2, 0.25) is 0 Å². The van der Waals surface area contributed by atoms with Crippen molar-refractivity contribution in [3.05, 3.63) is 12.4 Å². The molecule has 0 N–H and O–H groups in total. The molecule has 0 bridgehead atoms. The normalized spacial score (nSPS) is 18.2. The molecule has 1 aromatic rings. The maximum absolute atomic E-state index is 11.7. The van der Waals surface area contributed by atoms with Crippen LogP contribution in [0.15, 0.2) is 12.4 Å². The summed E-state index contributed by atoms with van der Waals surface area (Å²) >= 11 is 0. The number of nitriles is 1. The number of hydrogen-bond acceptors (Lipinski definition) is 4. The lowest BCUT2D eigenvalue weighted by Gasteiger charge is -2.38. The summed E-state index contributed by atoms with van der Waals surface area (Å²) in [6, 6.07) is 1.88. The zero-order valence-corrected chi connectivity index (χ0v) is 7.68. The molecule has 2 rings (SSSR count). The van der Waals surface area contributed by atoms with Crippen molar-refractivity contribution in [3.63, 3.8) is 0 Å². The molecule has 14 heavy (non-hydrogen) atoms. The summed E-state index contributed by atoms with van der Waals surface area (Å²) in [4.78, 5) is 13.2. The number of carbonyl (C=O) groups excluding carboxylic acids is 1. The van der Waals surface area contributed by atoms with Crippen LogP contribution >= 0.6 is 0 Å². The summed E-state index contributed by atoms with van der Waals surface area (Å²) < 4.78 is 0. The van der Waals surface area contributed by atoms with Gasteiger partial charge in [0.1, 0.15) is 5.54 Å². The summed E-state index contributed by atoms with van der Waals surface area (Å²) in [5, 5.41) is 16.5. The molecule has 1 fully saturated rings. The molecule has 5 heteroatoms. The number of hydrogen-bond donors (Lipinski definition) is 0. The Morgan fingerprint density at radius 2 is 2.14 bits per heavy atom. The first-order valence-corrected chi connectivity index (χ1v) is 4.57. The lowest BCUT2D eigenvalue weighted by molar-refractivity contribution is -0.132. The Morgan fingerprint density at radius 1 is 1.50 bits per heavy atom. The second kappa shape index (κ2) is 3.22. The first-order valence-electron chi connectivity index (χ1n) is 4.57. The summed E-state index contributed by atoms with van der Waals surface area (Å²) in [6.07, 6.45) is 5.56. The molecule has 0 amide bonds. The van der Waals surface area contributed by atoms with E-state index in [9.17, 15) is 4.79 Å². The smallest absolute Gasteiger partial charge is 0.176 e. The van der Waals surface area contributed by atoms with Crippen molar-refractivity contribution in [2.45, 2.75) is 31.2 Å². The standard InChI is InChI=1S/C9H10N4O/c10-5-2-8(14)9(3-1-4-9)13-11-6-7-12-13/h6-7H,1-4H2. The van der Waals surface area contributed by atoms with E-state index in [1.165, 1.54) is 4.80 Å². The second-order valence-corrected chi connectivity index (χ2v) is 3.46. The predicted octanol–water partition coefficient (Wildman–Crippen LogP) is 0.640. The van der Waals surface area contributed by atoms with Crippen LogP contribution in [0.2, 0.25) is 0 Å². The van der Waals surface area contributed by atoms with E-state index in [0.717, 1.165) is 19.3 Å². The molecule has 0 saturated heterocycles. The summed E-state index contributed by atoms with van der Waals surface area (Å²) in [5.74, 6) is -0.0672. The molecule has 0 atom stereocenters. The van der Waals surface area contributed by atoms with Gasteiger partial charge < -0.3 is 0 Å². The van der Waals surface area contributed by atoms with Gasteiger partial charge >= 0.3 is 0 Å². The lowest BCUT2D eigenvalue weighted by Crippen LogP contribution is -2.49. The summed E-state index contributed by atoms with van der Waals surface area (Å²) in [6.45, 7) is 0. The fraction of sp³-hybridized carbons (Fsp3) is 0.556. The fourth-order valence-electron chi connectivity index (χ4n) is 1.78. The Hall–Kier alpha value is -1.70.